The van der Waals surface area contributed by atoms with Crippen molar-refractivity contribution in [2.24, 2.45) is 5.16 Å². The second-order valence-corrected chi connectivity index (χ2v) is 8.00. The summed E-state index contributed by atoms with van der Waals surface area (Å²) < 4.78 is 5.47. The molecule has 0 bridgehead atoms. The van der Waals surface area contributed by atoms with Gasteiger partial charge >= 0.3 is 6.09 Å². The van der Waals surface area contributed by atoms with E-state index in [0.29, 0.717) is 6.42 Å². The molecule has 0 saturated carbocycles. The Kier molecular flexibility index (Phi) is 5.18. The van der Waals surface area contributed by atoms with Crippen LogP contribution in [0.2, 0.25) is 0 Å². The number of hydrogen-bond donors (Lipinski definition) is 0. The number of amides is 2. The van der Waals surface area contributed by atoms with E-state index >= 15 is 0 Å². The Labute approximate surface area is 178 Å². The quantitative estimate of drug-likeness (QED) is 0.538. The van der Waals surface area contributed by atoms with Gasteiger partial charge in [0.15, 0.2) is 0 Å². The molecule has 9 heteroatoms. The van der Waals surface area contributed by atoms with E-state index < -0.39 is 34.7 Å². The van der Waals surface area contributed by atoms with E-state index in [2.05, 4.69) is 5.16 Å². The Morgan fingerprint density at radius 3 is 2.58 bits per heavy atom. The highest BCUT2D eigenvalue weighted by Gasteiger charge is 2.52. The van der Waals surface area contributed by atoms with Crippen LogP contribution in [-0.2, 0) is 20.8 Å². The summed E-state index contributed by atoms with van der Waals surface area (Å²) in [6, 6.07) is 15.1. The number of imide groups is 1. The van der Waals surface area contributed by atoms with Crippen LogP contribution in [0.15, 0.2) is 59.8 Å². The number of ether oxygens (including phenoxy) is 1. The largest absolute Gasteiger partial charge is 0.441 e. The summed E-state index contributed by atoms with van der Waals surface area (Å²) in [6.45, 7) is 3.52. The van der Waals surface area contributed by atoms with Gasteiger partial charge in [0.25, 0.3) is 11.6 Å². The molecule has 1 saturated heterocycles. The Morgan fingerprint density at radius 1 is 1.19 bits per heavy atom. The molecule has 0 spiro atoms. The second kappa shape index (κ2) is 7.82. The first-order valence-electron chi connectivity index (χ1n) is 9.84. The molecule has 9 nitrogen and oxygen atoms in total. The standard InChI is InChI=1S/C22H21N3O6/c1-22(2)19(12-14-8-4-3-5-9-14)24(21(27)30-22)20(26)18-13-16(23-31-18)15-10-6-7-11-17(15)25(28)29/h3-11,18-19H,12-13H2,1-2H3/t18-,19-/m0/s1. The lowest BCUT2D eigenvalue weighted by Crippen LogP contribution is -2.49. The third-order valence-corrected chi connectivity index (χ3v) is 5.53. The molecule has 31 heavy (non-hydrogen) atoms. The predicted octanol–water partition coefficient (Wildman–Crippen LogP) is 3.46. The third-order valence-electron chi connectivity index (χ3n) is 5.53. The maximum absolute atomic E-state index is 13.2. The zero-order valence-electron chi connectivity index (χ0n) is 17.1. The molecule has 4 rings (SSSR count). The van der Waals surface area contributed by atoms with Gasteiger partial charge in [0.05, 0.1) is 22.2 Å². The molecule has 2 aliphatic rings. The van der Waals surface area contributed by atoms with E-state index in [9.17, 15) is 19.7 Å². The summed E-state index contributed by atoms with van der Waals surface area (Å²) in [5.74, 6) is -0.575. The normalized spacial score (nSPS) is 21.9. The molecule has 2 aromatic rings. The summed E-state index contributed by atoms with van der Waals surface area (Å²) in [5.41, 5.74) is 0.524. The lowest BCUT2D eigenvalue weighted by atomic mass is 9.91. The van der Waals surface area contributed by atoms with Crippen LogP contribution in [0.5, 0.6) is 0 Å². The van der Waals surface area contributed by atoms with Crippen molar-refractivity contribution in [3.05, 3.63) is 75.8 Å². The zero-order valence-corrected chi connectivity index (χ0v) is 17.1. The summed E-state index contributed by atoms with van der Waals surface area (Å²) in [5, 5.41) is 15.2. The van der Waals surface area contributed by atoms with Crippen LogP contribution in [0.4, 0.5) is 10.5 Å². The number of carbonyl (C=O) groups is 2. The number of rotatable bonds is 5. The highest BCUT2D eigenvalue weighted by molar-refractivity contribution is 6.08. The second-order valence-electron chi connectivity index (χ2n) is 8.00. The maximum Gasteiger partial charge on any atom is 0.417 e. The van der Waals surface area contributed by atoms with Crippen LogP contribution in [0.1, 0.15) is 31.4 Å². The molecule has 1 fully saturated rings. The number of cyclic esters (lactones) is 1. The lowest BCUT2D eigenvalue weighted by Gasteiger charge is -2.28. The lowest BCUT2D eigenvalue weighted by molar-refractivity contribution is -0.385. The fourth-order valence-corrected chi connectivity index (χ4v) is 3.90. The van der Waals surface area contributed by atoms with Gasteiger partial charge in [0, 0.05) is 12.5 Å². The monoisotopic (exact) mass is 423 g/mol. The van der Waals surface area contributed by atoms with Crippen molar-refractivity contribution in [2.75, 3.05) is 0 Å². The average molecular weight is 423 g/mol. The van der Waals surface area contributed by atoms with Gasteiger partial charge in [-0.1, -0.05) is 47.6 Å². The molecule has 160 valence electrons. The van der Waals surface area contributed by atoms with Crippen LogP contribution >= 0.6 is 0 Å². The van der Waals surface area contributed by atoms with Crippen molar-refractivity contribution in [3.63, 3.8) is 0 Å². The van der Waals surface area contributed by atoms with Gasteiger partial charge in [-0.05, 0) is 31.9 Å². The number of carbonyl (C=O) groups excluding carboxylic acids is 2. The molecule has 2 aliphatic heterocycles. The smallest absolute Gasteiger partial charge is 0.417 e. The fourth-order valence-electron chi connectivity index (χ4n) is 3.90. The molecule has 0 aliphatic carbocycles. The predicted molar refractivity (Wildman–Crippen MR) is 110 cm³/mol. The molecule has 2 atom stereocenters. The van der Waals surface area contributed by atoms with Crippen molar-refractivity contribution in [2.45, 2.75) is 44.4 Å². The Balaban J connectivity index is 1.55. The number of para-hydroxylation sites is 1. The highest BCUT2D eigenvalue weighted by Crippen LogP contribution is 2.34. The summed E-state index contributed by atoms with van der Waals surface area (Å²) >= 11 is 0. The first kappa shape index (κ1) is 20.5. The van der Waals surface area contributed by atoms with Gasteiger partial charge in [-0.25, -0.2) is 9.69 Å². The third kappa shape index (κ3) is 3.86. The molecule has 0 radical (unpaired) electrons. The molecule has 0 N–H and O–H groups in total. The minimum atomic E-state index is -1.06. The molecular formula is C22H21N3O6. The van der Waals surface area contributed by atoms with Gasteiger partial charge in [-0.15, -0.1) is 0 Å². The van der Waals surface area contributed by atoms with E-state index in [-0.39, 0.29) is 23.4 Å². The molecule has 2 amide bonds. The molecule has 0 unspecified atom stereocenters. The van der Waals surface area contributed by atoms with Crippen LogP contribution in [0.25, 0.3) is 0 Å². The molecule has 2 aromatic carbocycles. The molecule has 0 aromatic heterocycles. The molecular weight excluding hydrogens is 402 g/mol. The van der Waals surface area contributed by atoms with Crippen LogP contribution in [0.3, 0.4) is 0 Å². The van der Waals surface area contributed by atoms with Gasteiger partial charge in [-0.3, -0.25) is 14.9 Å². The SMILES string of the molecule is CC1(C)OC(=O)N(C(=O)[C@@H]2CC(c3ccccc3[N+](=O)[O-])=NO2)[C@H]1Cc1ccccc1. The van der Waals surface area contributed by atoms with E-state index in [1.165, 1.54) is 6.07 Å². The summed E-state index contributed by atoms with van der Waals surface area (Å²) in [7, 11) is 0. The van der Waals surface area contributed by atoms with Crippen LogP contribution in [-0.4, -0.2) is 45.3 Å². The van der Waals surface area contributed by atoms with Crippen molar-refractivity contribution < 1.29 is 24.1 Å². The minimum Gasteiger partial charge on any atom is -0.441 e. The van der Waals surface area contributed by atoms with E-state index in [0.717, 1.165) is 10.5 Å². The fraction of sp³-hybridized carbons (Fsp3) is 0.318. The maximum atomic E-state index is 13.2. The Hall–Kier alpha value is -3.75. The molecule has 2 heterocycles. The van der Waals surface area contributed by atoms with E-state index in [1.807, 2.05) is 30.3 Å². The number of nitro groups is 1. The van der Waals surface area contributed by atoms with Crippen molar-refractivity contribution in [1.82, 2.24) is 4.90 Å². The van der Waals surface area contributed by atoms with Crippen molar-refractivity contribution in [1.29, 1.82) is 0 Å². The zero-order chi connectivity index (χ0) is 22.2. The van der Waals surface area contributed by atoms with Gasteiger partial charge < -0.3 is 9.57 Å². The number of nitro benzene ring substituents is 1. The first-order chi connectivity index (χ1) is 14.8. The van der Waals surface area contributed by atoms with Gasteiger partial charge in [0.1, 0.15) is 5.60 Å². The van der Waals surface area contributed by atoms with Crippen molar-refractivity contribution in [3.8, 4) is 0 Å². The number of benzene rings is 2. The van der Waals surface area contributed by atoms with Crippen molar-refractivity contribution >= 4 is 23.4 Å². The number of nitrogens with zero attached hydrogens (tertiary/aromatic N) is 3. The summed E-state index contributed by atoms with van der Waals surface area (Å²) in [4.78, 5) is 43.0. The Bertz CT molecular complexity index is 1070. The van der Waals surface area contributed by atoms with Crippen LogP contribution in [0, 0.1) is 10.1 Å². The van der Waals surface area contributed by atoms with E-state index in [4.69, 9.17) is 9.57 Å². The highest BCUT2D eigenvalue weighted by atomic mass is 16.7. The summed E-state index contributed by atoms with van der Waals surface area (Å²) in [6.07, 6.45) is -1.35. The first-order valence-corrected chi connectivity index (χ1v) is 9.84. The topological polar surface area (TPSA) is 111 Å². The van der Waals surface area contributed by atoms with Gasteiger partial charge in [-0.2, -0.15) is 0 Å². The van der Waals surface area contributed by atoms with Crippen LogP contribution < -0.4 is 0 Å². The Morgan fingerprint density at radius 2 is 1.87 bits per heavy atom. The minimum absolute atomic E-state index is 0.0198. The van der Waals surface area contributed by atoms with E-state index in [1.54, 1.807) is 32.0 Å². The number of hydrogen-bond acceptors (Lipinski definition) is 7. The number of oxime groups is 1. The van der Waals surface area contributed by atoms with Gasteiger partial charge in [0.2, 0.25) is 6.10 Å². The average Bonchev–Trinajstić information content (AvgIpc) is 3.31.